The van der Waals surface area contributed by atoms with Gasteiger partial charge in [0.1, 0.15) is 6.04 Å². The van der Waals surface area contributed by atoms with Crippen LogP contribution >= 0.6 is 0 Å². The SMILES string of the molecule is CC(C)[C@H](NC(=O)c1ccco1)C(=O)OCC(=O)Nc1ccc(N2CCCC2)cc1. The molecule has 1 fully saturated rings. The van der Waals surface area contributed by atoms with Crippen molar-refractivity contribution in [2.45, 2.75) is 32.7 Å². The highest BCUT2D eigenvalue weighted by molar-refractivity contribution is 5.96. The third-order valence-corrected chi connectivity index (χ3v) is 4.92. The summed E-state index contributed by atoms with van der Waals surface area (Å²) >= 11 is 0. The molecular weight excluding hydrogens is 386 g/mol. The van der Waals surface area contributed by atoms with Crippen LogP contribution in [0.15, 0.2) is 47.1 Å². The fourth-order valence-electron chi connectivity index (χ4n) is 3.27. The molecule has 0 aliphatic carbocycles. The molecule has 0 bridgehead atoms. The molecule has 1 aliphatic rings. The lowest BCUT2D eigenvalue weighted by molar-refractivity contribution is -0.150. The molecule has 2 aromatic rings. The second kappa shape index (κ2) is 9.96. The average Bonchev–Trinajstić information content (AvgIpc) is 3.44. The van der Waals surface area contributed by atoms with Gasteiger partial charge in [0.15, 0.2) is 12.4 Å². The van der Waals surface area contributed by atoms with E-state index in [1.54, 1.807) is 19.9 Å². The standard InChI is InChI=1S/C22H27N3O5/c1-15(2)20(24-21(27)18-6-5-13-29-18)22(28)30-14-19(26)23-16-7-9-17(10-8-16)25-11-3-4-12-25/h5-10,13,15,20H,3-4,11-12,14H2,1-2H3,(H,23,26)(H,24,27)/t20-/m0/s1. The summed E-state index contributed by atoms with van der Waals surface area (Å²) in [4.78, 5) is 39.0. The summed E-state index contributed by atoms with van der Waals surface area (Å²) in [6.45, 7) is 5.21. The van der Waals surface area contributed by atoms with Crippen LogP contribution in [0.4, 0.5) is 11.4 Å². The maximum Gasteiger partial charge on any atom is 0.329 e. The Bertz CT molecular complexity index is 855. The molecule has 1 aromatic heterocycles. The van der Waals surface area contributed by atoms with Gasteiger partial charge in [-0.3, -0.25) is 9.59 Å². The quantitative estimate of drug-likeness (QED) is 0.646. The van der Waals surface area contributed by atoms with Crippen molar-refractivity contribution in [3.05, 3.63) is 48.4 Å². The summed E-state index contributed by atoms with van der Waals surface area (Å²) in [5.41, 5.74) is 1.76. The van der Waals surface area contributed by atoms with E-state index in [1.807, 2.05) is 24.3 Å². The number of amides is 2. The van der Waals surface area contributed by atoms with E-state index in [9.17, 15) is 14.4 Å². The zero-order valence-electron chi connectivity index (χ0n) is 17.2. The van der Waals surface area contributed by atoms with Gasteiger partial charge in [0.25, 0.3) is 11.8 Å². The molecule has 8 heteroatoms. The molecule has 0 radical (unpaired) electrons. The Balaban J connectivity index is 1.48. The molecular formula is C22H27N3O5. The number of esters is 1. The number of carbonyl (C=O) groups excluding carboxylic acids is 3. The Hall–Kier alpha value is -3.29. The van der Waals surface area contributed by atoms with Crippen LogP contribution in [0.1, 0.15) is 37.2 Å². The summed E-state index contributed by atoms with van der Waals surface area (Å²) in [6.07, 6.45) is 3.77. The van der Waals surface area contributed by atoms with Crippen molar-refractivity contribution >= 4 is 29.2 Å². The predicted molar refractivity (Wildman–Crippen MR) is 112 cm³/mol. The van der Waals surface area contributed by atoms with Gasteiger partial charge in [-0.15, -0.1) is 0 Å². The molecule has 2 heterocycles. The molecule has 30 heavy (non-hydrogen) atoms. The number of rotatable bonds is 8. The minimum absolute atomic E-state index is 0.101. The molecule has 160 valence electrons. The van der Waals surface area contributed by atoms with Crippen LogP contribution < -0.4 is 15.5 Å². The molecule has 1 saturated heterocycles. The van der Waals surface area contributed by atoms with E-state index in [0.717, 1.165) is 18.8 Å². The van der Waals surface area contributed by atoms with Crippen molar-refractivity contribution in [1.29, 1.82) is 0 Å². The van der Waals surface area contributed by atoms with Crippen molar-refractivity contribution < 1.29 is 23.5 Å². The van der Waals surface area contributed by atoms with Gasteiger partial charge in [-0.1, -0.05) is 13.8 Å². The van der Waals surface area contributed by atoms with Crippen molar-refractivity contribution in [3.8, 4) is 0 Å². The largest absolute Gasteiger partial charge is 0.459 e. The van der Waals surface area contributed by atoms with E-state index < -0.39 is 30.4 Å². The summed E-state index contributed by atoms with van der Waals surface area (Å²) in [6, 6.07) is 9.77. The number of furan rings is 1. The van der Waals surface area contributed by atoms with Crippen LogP contribution in [0, 0.1) is 5.92 Å². The lowest BCUT2D eigenvalue weighted by Gasteiger charge is -2.20. The van der Waals surface area contributed by atoms with Gasteiger partial charge in [-0.2, -0.15) is 0 Å². The molecule has 2 amide bonds. The Kier molecular flexibility index (Phi) is 7.11. The Morgan fingerprint density at radius 1 is 1.10 bits per heavy atom. The van der Waals surface area contributed by atoms with Crippen LogP contribution in [-0.2, 0) is 14.3 Å². The van der Waals surface area contributed by atoms with Gasteiger partial charge in [0, 0.05) is 24.5 Å². The number of nitrogens with zero attached hydrogens (tertiary/aromatic N) is 1. The highest BCUT2D eigenvalue weighted by Crippen LogP contribution is 2.22. The molecule has 0 unspecified atom stereocenters. The zero-order valence-corrected chi connectivity index (χ0v) is 17.2. The molecule has 0 spiro atoms. The van der Waals surface area contributed by atoms with Crippen LogP contribution in [0.25, 0.3) is 0 Å². The summed E-state index contributed by atoms with van der Waals surface area (Å²) in [7, 11) is 0. The van der Waals surface area contributed by atoms with E-state index in [0.29, 0.717) is 5.69 Å². The van der Waals surface area contributed by atoms with Gasteiger partial charge in [0.05, 0.1) is 6.26 Å². The van der Waals surface area contributed by atoms with Gasteiger partial charge >= 0.3 is 5.97 Å². The van der Waals surface area contributed by atoms with Crippen LogP contribution in [0.3, 0.4) is 0 Å². The van der Waals surface area contributed by atoms with Gasteiger partial charge in [-0.05, 0) is 55.2 Å². The molecule has 3 rings (SSSR count). The van der Waals surface area contributed by atoms with E-state index >= 15 is 0 Å². The van der Waals surface area contributed by atoms with Crippen molar-refractivity contribution in [2.75, 3.05) is 29.9 Å². The first-order valence-corrected chi connectivity index (χ1v) is 10.1. The van der Waals surface area contributed by atoms with Crippen molar-refractivity contribution in [2.24, 2.45) is 5.92 Å². The lowest BCUT2D eigenvalue weighted by Crippen LogP contribution is -2.45. The molecule has 1 aromatic carbocycles. The van der Waals surface area contributed by atoms with E-state index in [4.69, 9.17) is 9.15 Å². The summed E-state index contributed by atoms with van der Waals surface area (Å²) in [5.74, 6) is -1.76. The Morgan fingerprint density at radius 2 is 1.80 bits per heavy atom. The van der Waals surface area contributed by atoms with Crippen molar-refractivity contribution in [3.63, 3.8) is 0 Å². The summed E-state index contributed by atoms with van der Waals surface area (Å²) in [5, 5.41) is 5.29. The molecule has 1 atom stereocenters. The number of hydrogen-bond acceptors (Lipinski definition) is 6. The van der Waals surface area contributed by atoms with Crippen LogP contribution in [0.5, 0.6) is 0 Å². The Morgan fingerprint density at radius 3 is 2.40 bits per heavy atom. The number of carbonyl (C=O) groups is 3. The maximum atomic E-state index is 12.4. The fourth-order valence-corrected chi connectivity index (χ4v) is 3.27. The first-order chi connectivity index (χ1) is 14.4. The van der Waals surface area contributed by atoms with Gasteiger partial charge in [-0.25, -0.2) is 4.79 Å². The minimum atomic E-state index is -0.893. The monoisotopic (exact) mass is 413 g/mol. The molecule has 2 N–H and O–H groups in total. The second-order valence-electron chi connectivity index (χ2n) is 7.57. The number of benzene rings is 1. The first-order valence-electron chi connectivity index (χ1n) is 10.1. The third-order valence-electron chi connectivity index (χ3n) is 4.92. The smallest absolute Gasteiger partial charge is 0.329 e. The van der Waals surface area contributed by atoms with Gasteiger partial charge in [0.2, 0.25) is 0 Å². The normalized spacial score (nSPS) is 14.4. The average molecular weight is 413 g/mol. The minimum Gasteiger partial charge on any atom is -0.459 e. The highest BCUT2D eigenvalue weighted by Gasteiger charge is 2.27. The number of hydrogen-bond donors (Lipinski definition) is 2. The molecule has 8 nitrogen and oxygen atoms in total. The lowest BCUT2D eigenvalue weighted by atomic mass is 10.0. The van der Waals surface area contributed by atoms with Crippen LogP contribution in [-0.4, -0.2) is 43.5 Å². The van der Waals surface area contributed by atoms with E-state index in [-0.39, 0.29) is 11.7 Å². The van der Waals surface area contributed by atoms with E-state index in [2.05, 4.69) is 15.5 Å². The third kappa shape index (κ3) is 5.62. The van der Waals surface area contributed by atoms with E-state index in [1.165, 1.54) is 25.2 Å². The number of ether oxygens (including phenoxy) is 1. The number of nitrogens with one attached hydrogen (secondary N) is 2. The first kappa shape index (κ1) is 21.4. The highest BCUT2D eigenvalue weighted by atomic mass is 16.5. The van der Waals surface area contributed by atoms with Crippen molar-refractivity contribution in [1.82, 2.24) is 5.32 Å². The van der Waals surface area contributed by atoms with Crippen LogP contribution in [0.2, 0.25) is 0 Å². The van der Waals surface area contributed by atoms with Gasteiger partial charge < -0.3 is 24.7 Å². The summed E-state index contributed by atoms with van der Waals surface area (Å²) < 4.78 is 10.1. The predicted octanol–water partition coefficient (Wildman–Crippen LogP) is 2.82. The maximum absolute atomic E-state index is 12.4. The molecule has 1 aliphatic heterocycles. The zero-order chi connectivity index (χ0) is 21.5. The topological polar surface area (TPSA) is 101 Å². The fraction of sp³-hybridized carbons (Fsp3) is 0.409. The Labute approximate surface area is 175 Å². The number of anilines is 2. The second-order valence-corrected chi connectivity index (χ2v) is 7.57. The molecule has 0 saturated carbocycles.